The van der Waals surface area contributed by atoms with Gasteiger partial charge in [0.1, 0.15) is 12.0 Å². The molecule has 1 heterocycles. The highest BCUT2D eigenvalue weighted by Crippen LogP contribution is 2.20. The summed E-state index contributed by atoms with van der Waals surface area (Å²) in [6.45, 7) is 1.57. The number of ether oxygens (including phenoxy) is 1. The molecule has 0 spiro atoms. The lowest BCUT2D eigenvalue weighted by Crippen LogP contribution is -2.40. The Kier molecular flexibility index (Phi) is 4.77. The normalized spacial score (nSPS) is 20.6. The van der Waals surface area contributed by atoms with Gasteiger partial charge in [0.2, 0.25) is 10.0 Å². The van der Waals surface area contributed by atoms with E-state index in [1.165, 1.54) is 10.6 Å². The second-order valence-corrected chi connectivity index (χ2v) is 7.11. The molecule has 0 aliphatic carbocycles. The van der Waals surface area contributed by atoms with E-state index in [2.05, 4.69) is 0 Å². The van der Waals surface area contributed by atoms with Crippen molar-refractivity contribution in [2.75, 3.05) is 26.0 Å². The Hall–Kier alpha value is -1.40. The molecule has 0 N–H and O–H groups in total. The Morgan fingerprint density at radius 3 is 2.95 bits per heavy atom. The Bertz CT molecular complexity index is 570. The fraction of sp³-hybridized carbons (Fsp3) is 0.500. The molecule has 1 saturated heterocycles. The quantitative estimate of drug-likeness (QED) is 0.774. The zero-order chi connectivity index (χ0) is 14.6. The molecule has 110 valence electrons. The fourth-order valence-corrected chi connectivity index (χ4v) is 3.30. The average Bonchev–Trinajstić information content (AvgIpc) is 2.45. The van der Waals surface area contributed by atoms with E-state index in [-0.39, 0.29) is 5.92 Å². The standard InChI is InChI=1S/C14H19NO4S/c1-20(17,18)15-7-3-5-13(9-15)11-19-14-6-2-4-12(8-14)10-16/h2,4,6,8,10,13H,3,5,7,9,11H2,1H3. The summed E-state index contributed by atoms with van der Waals surface area (Å²) in [6, 6.07) is 6.96. The van der Waals surface area contributed by atoms with Gasteiger partial charge in [-0.05, 0) is 25.0 Å². The molecule has 20 heavy (non-hydrogen) atoms. The first-order valence-electron chi connectivity index (χ1n) is 6.62. The van der Waals surface area contributed by atoms with E-state index in [1.54, 1.807) is 24.3 Å². The number of hydrogen-bond donors (Lipinski definition) is 0. The largest absolute Gasteiger partial charge is 0.493 e. The van der Waals surface area contributed by atoms with Crippen LogP contribution in [-0.4, -0.2) is 45.0 Å². The fourth-order valence-electron chi connectivity index (χ4n) is 2.36. The average molecular weight is 297 g/mol. The highest BCUT2D eigenvalue weighted by atomic mass is 32.2. The summed E-state index contributed by atoms with van der Waals surface area (Å²) in [5.41, 5.74) is 0.573. The van der Waals surface area contributed by atoms with Gasteiger partial charge >= 0.3 is 0 Å². The molecule has 5 nitrogen and oxygen atoms in total. The van der Waals surface area contributed by atoms with Crippen molar-refractivity contribution in [3.05, 3.63) is 29.8 Å². The molecule has 1 atom stereocenters. The second-order valence-electron chi connectivity index (χ2n) is 5.13. The van der Waals surface area contributed by atoms with E-state index in [0.717, 1.165) is 19.1 Å². The molecule has 0 radical (unpaired) electrons. The monoisotopic (exact) mass is 297 g/mol. The van der Waals surface area contributed by atoms with Gasteiger partial charge in [-0.3, -0.25) is 4.79 Å². The van der Waals surface area contributed by atoms with E-state index in [4.69, 9.17) is 4.74 Å². The zero-order valence-corrected chi connectivity index (χ0v) is 12.3. The van der Waals surface area contributed by atoms with Gasteiger partial charge in [0.15, 0.2) is 0 Å². The van der Waals surface area contributed by atoms with Gasteiger partial charge in [0.25, 0.3) is 0 Å². The molecule has 0 aromatic heterocycles. The van der Waals surface area contributed by atoms with Crippen LogP contribution in [0.25, 0.3) is 0 Å². The molecular weight excluding hydrogens is 278 g/mol. The molecular formula is C14H19NO4S. The summed E-state index contributed by atoms with van der Waals surface area (Å²) in [5, 5.41) is 0. The van der Waals surface area contributed by atoms with Crippen molar-refractivity contribution in [3.8, 4) is 5.75 Å². The Morgan fingerprint density at radius 2 is 2.25 bits per heavy atom. The summed E-state index contributed by atoms with van der Waals surface area (Å²) in [6.07, 6.45) is 3.83. The van der Waals surface area contributed by atoms with Crippen molar-refractivity contribution in [1.29, 1.82) is 0 Å². The first kappa shape index (κ1) is 15.0. The number of carbonyl (C=O) groups is 1. The highest BCUT2D eigenvalue weighted by Gasteiger charge is 2.26. The molecule has 1 aromatic rings. The predicted octanol–water partition coefficient (Wildman–Crippen LogP) is 1.55. The van der Waals surface area contributed by atoms with Crippen molar-refractivity contribution < 1.29 is 17.9 Å². The maximum Gasteiger partial charge on any atom is 0.211 e. The maximum absolute atomic E-state index is 11.5. The summed E-state index contributed by atoms with van der Waals surface area (Å²) in [4.78, 5) is 10.7. The molecule has 0 saturated carbocycles. The molecule has 2 rings (SSSR count). The van der Waals surface area contributed by atoms with Gasteiger partial charge in [-0.1, -0.05) is 12.1 Å². The number of nitrogens with zero attached hydrogens (tertiary/aromatic N) is 1. The second kappa shape index (κ2) is 6.37. The van der Waals surface area contributed by atoms with E-state index in [1.807, 2.05) is 0 Å². The third-order valence-electron chi connectivity index (χ3n) is 3.43. The molecule has 1 aliphatic heterocycles. The van der Waals surface area contributed by atoms with Crippen LogP contribution in [0.5, 0.6) is 5.75 Å². The number of aldehydes is 1. The lowest BCUT2D eigenvalue weighted by atomic mass is 10.0. The number of benzene rings is 1. The molecule has 0 amide bonds. The predicted molar refractivity (Wildman–Crippen MR) is 76.5 cm³/mol. The minimum atomic E-state index is -3.12. The van der Waals surface area contributed by atoms with Crippen LogP contribution >= 0.6 is 0 Å². The Balaban J connectivity index is 1.91. The van der Waals surface area contributed by atoms with Gasteiger partial charge in [-0.15, -0.1) is 0 Å². The van der Waals surface area contributed by atoms with E-state index >= 15 is 0 Å². The van der Waals surface area contributed by atoms with Gasteiger partial charge in [-0.25, -0.2) is 12.7 Å². The third-order valence-corrected chi connectivity index (χ3v) is 4.70. The van der Waals surface area contributed by atoms with Crippen molar-refractivity contribution in [2.24, 2.45) is 5.92 Å². The summed E-state index contributed by atoms with van der Waals surface area (Å²) < 4.78 is 30.2. The molecule has 1 aliphatic rings. The van der Waals surface area contributed by atoms with Crippen LogP contribution in [0.2, 0.25) is 0 Å². The smallest absolute Gasteiger partial charge is 0.211 e. The summed E-state index contributed by atoms with van der Waals surface area (Å²) in [5.74, 6) is 0.837. The van der Waals surface area contributed by atoms with Crippen LogP contribution in [0, 0.1) is 5.92 Å². The summed E-state index contributed by atoms with van der Waals surface area (Å²) in [7, 11) is -3.12. The van der Waals surface area contributed by atoms with E-state index in [0.29, 0.717) is 31.0 Å². The molecule has 1 fully saturated rings. The van der Waals surface area contributed by atoms with Crippen LogP contribution in [0.1, 0.15) is 23.2 Å². The Labute approximate surface area is 119 Å². The minimum Gasteiger partial charge on any atom is -0.493 e. The van der Waals surface area contributed by atoms with Crippen LogP contribution < -0.4 is 4.74 Å². The molecule has 0 bridgehead atoms. The first-order valence-corrected chi connectivity index (χ1v) is 8.47. The third kappa shape index (κ3) is 4.05. The first-order chi connectivity index (χ1) is 9.49. The Morgan fingerprint density at radius 1 is 1.45 bits per heavy atom. The zero-order valence-electron chi connectivity index (χ0n) is 11.5. The molecule has 6 heteroatoms. The number of sulfonamides is 1. The van der Waals surface area contributed by atoms with Crippen LogP contribution in [0.4, 0.5) is 0 Å². The van der Waals surface area contributed by atoms with Crippen molar-refractivity contribution in [2.45, 2.75) is 12.8 Å². The molecule has 1 unspecified atom stereocenters. The van der Waals surface area contributed by atoms with E-state index < -0.39 is 10.0 Å². The maximum atomic E-state index is 11.5. The van der Waals surface area contributed by atoms with Crippen LogP contribution in [0.3, 0.4) is 0 Å². The van der Waals surface area contributed by atoms with Crippen LogP contribution in [-0.2, 0) is 10.0 Å². The van der Waals surface area contributed by atoms with Crippen molar-refractivity contribution in [1.82, 2.24) is 4.31 Å². The minimum absolute atomic E-state index is 0.193. The lowest BCUT2D eigenvalue weighted by Gasteiger charge is -2.30. The topological polar surface area (TPSA) is 63.7 Å². The van der Waals surface area contributed by atoms with Crippen molar-refractivity contribution in [3.63, 3.8) is 0 Å². The van der Waals surface area contributed by atoms with Gasteiger partial charge in [-0.2, -0.15) is 0 Å². The summed E-state index contributed by atoms with van der Waals surface area (Å²) >= 11 is 0. The highest BCUT2D eigenvalue weighted by molar-refractivity contribution is 7.88. The van der Waals surface area contributed by atoms with Gasteiger partial charge in [0, 0.05) is 24.6 Å². The number of hydrogen-bond acceptors (Lipinski definition) is 4. The lowest BCUT2D eigenvalue weighted by molar-refractivity contribution is 0.112. The molecule has 1 aromatic carbocycles. The SMILES string of the molecule is CS(=O)(=O)N1CCCC(COc2cccc(C=O)c2)C1. The number of piperidine rings is 1. The van der Waals surface area contributed by atoms with E-state index in [9.17, 15) is 13.2 Å². The van der Waals surface area contributed by atoms with Crippen LogP contribution in [0.15, 0.2) is 24.3 Å². The van der Waals surface area contributed by atoms with Gasteiger partial charge in [0.05, 0.1) is 12.9 Å². The van der Waals surface area contributed by atoms with Gasteiger partial charge < -0.3 is 4.74 Å². The number of rotatable bonds is 5. The van der Waals surface area contributed by atoms with Crippen molar-refractivity contribution >= 4 is 16.3 Å². The number of carbonyl (C=O) groups excluding carboxylic acids is 1.